The maximum absolute atomic E-state index is 11.4. The molecule has 2 heterocycles. The molecule has 1 saturated heterocycles. The first-order valence-electron chi connectivity index (χ1n) is 6.48. The van der Waals surface area contributed by atoms with Crippen LogP contribution in [0.2, 0.25) is 0 Å². The minimum atomic E-state index is -0.652. The van der Waals surface area contributed by atoms with E-state index in [1.807, 2.05) is 24.4 Å². The topological polar surface area (TPSA) is 59.2 Å². The van der Waals surface area contributed by atoms with Crippen LogP contribution in [0.3, 0.4) is 0 Å². The second-order valence-electron chi connectivity index (χ2n) is 4.66. The third-order valence-electron chi connectivity index (χ3n) is 3.47. The van der Waals surface area contributed by atoms with Crippen LogP contribution in [0.4, 0.5) is 0 Å². The molecule has 1 fully saturated rings. The van der Waals surface area contributed by atoms with E-state index in [1.54, 1.807) is 0 Å². The van der Waals surface area contributed by atoms with Crippen molar-refractivity contribution in [2.75, 3.05) is 24.6 Å². The number of pyridine rings is 1. The molecule has 0 aromatic carbocycles. The zero-order chi connectivity index (χ0) is 13.0. The SMILES string of the molecule is CCC(N)C(c1ccccn1)N1CCS(=O)CC1. The zero-order valence-corrected chi connectivity index (χ0v) is 11.6. The van der Waals surface area contributed by atoms with E-state index in [1.165, 1.54) is 0 Å². The van der Waals surface area contributed by atoms with Gasteiger partial charge in [-0.15, -0.1) is 0 Å². The van der Waals surface area contributed by atoms with Crippen molar-refractivity contribution in [3.8, 4) is 0 Å². The van der Waals surface area contributed by atoms with Crippen LogP contribution >= 0.6 is 0 Å². The number of nitrogens with zero attached hydrogens (tertiary/aromatic N) is 2. The Balaban J connectivity index is 2.18. The number of hydrogen-bond donors (Lipinski definition) is 1. The summed E-state index contributed by atoms with van der Waals surface area (Å²) in [5.41, 5.74) is 7.28. The van der Waals surface area contributed by atoms with Crippen LogP contribution in [0.5, 0.6) is 0 Å². The molecule has 0 saturated carbocycles. The van der Waals surface area contributed by atoms with Gasteiger partial charge in [0.05, 0.1) is 11.7 Å². The average molecular weight is 267 g/mol. The van der Waals surface area contributed by atoms with E-state index in [2.05, 4.69) is 16.8 Å². The predicted octanol–water partition coefficient (Wildman–Crippen LogP) is 0.924. The zero-order valence-electron chi connectivity index (χ0n) is 10.8. The Morgan fingerprint density at radius 1 is 1.44 bits per heavy atom. The first-order valence-corrected chi connectivity index (χ1v) is 7.96. The van der Waals surface area contributed by atoms with Gasteiger partial charge < -0.3 is 5.73 Å². The van der Waals surface area contributed by atoms with Gasteiger partial charge in [-0.2, -0.15) is 0 Å². The van der Waals surface area contributed by atoms with E-state index in [0.29, 0.717) is 0 Å². The predicted molar refractivity (Wildman–Crippen MR) is 74.7 cm³/mol. The van der Waals surface area contributed by atoms with Crippen molar-refractivity contribution in [3.05, 3.63) is 30.1 Å². The fourth-order valence-corrected chi connectivity index (χ4v) is 3.46. The Hall–Kier alpha value is -0.780. The lowest BCUT2D eigenvalue weighted by Gasteiger charge is -2.36. The van der Waals surface area contributed by atoms with E-state index >= 15 is 0 Å². The first-order chi connectivity index (χ1) is 8.72. The molecule has 2 rings (SSSR count). The summed E-state index contributed by atoms with van der Waals surface area (Å²) in [5, 5.41) is 0. The lowest BCUT2D eigenvalue weighted by atomic mass is 10.0. The monoisotopic (exact) mass is 267 g/mol. The van der Waals surface area contributed by atoms with Gasteiger partial charge in [0.1, 0.15) is 0 Å². The van der Waals surface area contributed by atoms with Gasteiger partial charge in [-0.25, -0.2) is 0 Å². The summed E-state index contributed by atoms with van der Waals surface area (Å²) in [7, 11) is -0.652. The summed E-state index contributed by atoms with van der Waals surface area (Å²) in [4.78, 5) is 6.78. The van der Waals surface area contributed by atoms with E-state index in [-0.39, 0.29) is 12.1 Å². The third-order valence-corrected chi connectivity index (χ3v) is 4.75. The highest BCUT2D eigenvalue weighted by Crippen LogP contribution is 2.24. The molecule has 2 atom stereocenters. The highest BCUT2D eigenvalue weighted by molar-refractivity contribution is 7.85. The number of nitrogens with two attached hydrogens (primary N) is 1. The van der Waals surface area contributed by atoms with Crippen molar-refractivity contribution in [2.45, 2.75) is 25.4 Å². The Morgan fingerprint density at radius 2 is 2.17 bits per heavy atom. The summed E-state index contributed by atoms with van der Waals surface area (Å²) in [6.45, 7) is 3.80. The number of hydrogen-bond acceptors (Lipinski definition) is 4. The molecule has 18 heavy (non-hydrogen) atoms. The van der Waals surface area contributed by atoms with Crippen LogP contribution < -0.4 is 5.73 Å². The van der Waals surface area contributed by atoms with Crippen molar-refractivity contribution in [1.82, 2.24) is 9.88 Å². The number of aromatic nitrogens is 1. The Kier molecular flexibility index (Phi) is 4.86. The van der Waals surface area contributed by atoms with E-state index in [4.69, 9.17) is 5.73 Å². The Bertz CT molecular complexity index is 388. The van der Waals surface area contributed by atoms with Crippen LogP contribution in [0, 0.1) is 0 Å². The lowest BCUT2D eigenvalue weighted by Crippen LogP contribution is -2.47. The summed E-state index contributed by atoms with van der Waals surface area (Å²) >= 11 is 0. The van der Waals surface area contributed by atoms with E-state index in [9.17, 15) is 4.21 Å². The molecule has 5 heteroatoms. The van der Waals surface area contributed by atoms with Gasteiger partial charge in [-0.05, 0) is 18.6 Å². The summed E-state index contributed by atoms with van der Waals surface area (Å²) in [6, 6.07) is 6.18. The standard InChI is InChI=1S/C13H21N3OS/c1-2-11(14)13(12-5-3-4-6-15-12)16-7-9-18(17)10-8-16/h3-6,11,13H,2,7-10,14H2,1H3. The molecule has 0 aliphatic carbocycles. The molecule has 2 N–H and O–H groups in total. The van der Waals surface area contributed by atoms with E-state index < -0.39 is 10.8 Å². The molecule has 0 spiro atoms. The molecule has 4 nitrogen and oxygen atoms in total. The molecular weight excluding hydrogens is 246 g/mol. The highest BCUT2D eigenvalue weighted by Gasteiger charge is 2.29. The molecule has 0 amide bonds. The second-order valence-corrected chi connectivity index (χ2v) is 6.35. The molecule has 1 aromatic rings. The van der Waals surface area contributed by atoms with Gasteiger partial charge in [-0.1, -0.05) is 13.0 Å². The van der Waals surface area contributed by atoms with Gasteiger partial charge in [0, 0.05) is 47.6 Å². The summed E-state index contributed by atoms with van der Waals surface area (Å²) < 4.78 is 11.4. The molecular formula is C13H21N3OS. The Morgan fingerprint density at radius 3 is 2.72 bits per heavy atom. The molecule has 1 aliphatic heterocycles. The molecule has 1 aliphatic rings. The van der Waals surface area contributed by atoms with Crippen LogP contribution in [0.25, 0.3) is 0 Å². The molecule has 0 bridgehead atoms. The maximum Gasteiger partial charge on any atom is 0.0674 e. The molecule has 1 aromatic heterocycles. The molecule has 100 valence electrons. The van der Waals surface area contributed by atoms with Crippen molar-refractivity contribution in [2.24, 2.45) is 5.73 Å². The quantitative estimate of drug-likeness (QED) is 0.881. The first kappa shape index (κ1) is 13.6. The van der Waals surface area contributed by atoms with Crippen LogP contribution in [0.1, 0.15) is 25.1 Å². The Labute approximate surface area is 111 Å². The van der Waals surface area contributed by atoms with Gasteiger partial charge in [0.25, 0.3) is 0 Å². The highest BCUT2D eigenvalue weighted by atomic mass is 32.2. The molecule has 0 radical (unpaired) electrons. The van der Waals surface area contributed by atoms with Gasteiger partial charge in [0.15, 0.2) is 0 Å². The molecule has 2 unspecified atom stereocenters. The van der Waals surface area contributed by atoms with Gasteiger partial charge in [-0.3, -0.25) is 14.1 Å². The van der Waals surface area contributed by atoms with Crippen molar-refractivity contribution < 1.29 is 4.21 Å². The van der Waals surface area contributed by atoms with E-state index in [0.717, 1.165) is 36.7 Å². The largest absolute Gasteiger partial charge is 0.326 e. The number of rotatable bonds is 4. The average Bonchev–Trinajstić information content (AvgIpc) is 2.42. The summed E-state index contributed by atoms with van der Waals surface area (Å²) in [6.07, 6.45) is 2.73. The van der Waals surface area contributed by atoms with Crippen LogP contribution in [-0.2, 0) is 10.8 Å². The van der Waals surface area contributed by atoms with Crippen molar-refractivity contribution in [1.29, 1.82) is 0 Å². The fourth-order valence-electron chi connectivity index (χ4n) is 2.38. The van der Waals surface area contributed by atoms with Crippen LogP contribution in [-0.4, -0.2) is 44.7 Å². The third kappa shape index (κ3) is 3.16. The maximum atomic E-state index is 11.4. The normalized spacial score (nSPS) is 21.7. The summed E-state index contributed by atoms with van der Waals surface area (Å²) in [5.74, 6) is 1.50. The van der Waals surface area contributed by atoms with Crippen molar-refractivity contribution >= 4 is 10.8 Å². The smallest absolute Gasteiger partial charge is 0.0674 e. The van der Waals surface area contributed by atoms with Crippen molar-refractivity contribution in [3.63, 3.8) is 0 Å². The lowest BCUT2D eigenvalue weighted by molar-refractivity contribution is 0.181. The second kappa shape index (κ2) is 6.41. The van der Waals surface area contributed by atoms with Gasteiger partial charge >= 0.3 is 0 Å². The van der Waals surface area contributed by atoms with Crippen LogP contribution in [0.15, 0.2) is 24.4 Å². The minimum Gasteiger partial charge on any atom is -0.326 e. The minimum absolute atomic E-state index is 0.0754. The van der Waals surface area contributed by atoms with Gasteiger partial charge in [0.2, 0.25) is 0 Å². The fraction of sp³-hybridized carbons (Fsp3) is 0.615.